The van der Waals surface area contributed by atoms with Crippen LogP contribution in [0.15, 0.2) is 29.4 Å². The second-order valence-electron chi connectivity index (χ2n) is 5.56. The maximum absolute atomic E-state index is 14.9. The molecule has 12 heteroatoms. The Kier molecular flexibility index (Phi) is 9.65. The van der Waals surface area contributed by atoms with Crippen molar-refractivity contribution >= 4 is 57.7 Å². The molecule has 0 saturated heterocycles. The fraction of sp³-hybridized carbons (Fsp3) is 0.222. The lowest BCUT2D eigenvalue weighted by atomic mass is 10.1. The molecule has 0 radical (unpaired) electrons. The summed E-state index contributed by atoms with van der Waals surface area (Å²) < 4.78 is 30.2. The molecule has 0 bridgehead atoms. The number of hydrogen-bond acceptors (Lipinski definition) is 7. The molecule has 0 fully saturated rings. The molecule has 0 saturated carbocycles. The summed E-state index contributed by atoms with van der Waals surface area (Å²) in [7, 11) is 0. The third kappa shape index (κ3) is 6.47. The molecule has 1 amide bonds. The highest BCUT2D eigenvalue weighted by Gasteiger charge is 2.23. The zero-order valence-electron chi connectivity index (χ0n) is 15.3. The van der Waals surface area contributed by atoms with Crippen molar-refractivity contribution in [2.24, 2.45) is 5.16 Å². The van der Waals surface area contributed by atoms with Gasteiger partial charge in [-0.25, -0.2) is 14.3 Å². The molecular weight excluding hydrogens is 539 g/mol. The molecule has 2 aromatic carbocycles. The van der Waals surface area contributed by atoms with Crippen molar-refractivity contribution < 1.29 is 33.5 Å². The number of aliphatic hydroxyl groups excluding tert-OH is 2. The molecule has 0 unspecified atom stereocenters. The Bertz CT molecular complexity index is 933. The van der Waals surface area contributed by atoms with E-state index < -0.39 is 23.2 Å². The van der Waals surface area contributed by atoms with Gasteiger partial charge in [0, 0.05) is 9.13 Å². The second kappa shape index (κ2) is 12.0. The van der Waals surface area contributed by atoms with Gasteiger partial charge < -0.3 is 20.4 Å². The van der Waals surface area contributed by atoms with Crippen molar-refractivity contribution in [2.45, 2.75) is 0 Å². The first-order chi connectivity index (χ1) is 14.4. The lowest BCUT2D eigenvalue weighted by Gasteiger charge is -2.16. The van der Waals surface area contributed by atoms with Crippen LogP contribution in [0.3, 0.4) is 0 Å². The maximum Gasteiger partial charge on any atom is 0.277 e. The molecule has 162 valence electrons. The summed E-state index contributed by atoms with van der Waals surface area (Å²) in [5, 5.41) is 23.7. The van der Waals surface area contributed by atoms with E-state index in [-0.39, 0.29) is 48.3 Å². The third-order valence-electron chi connectivity index (χ3n) is 3.48. The van der Waals surface area contributed by atoms with E-state index in [1.54, 1.807) is 18.2 Å². The first kappa shape index (κ1) is 24.2. The molecule has 30 heavy (non-hydrogen) atoms. The second-order valence-corrected chi connectivity index (χ2v) is 7.21. The molecule has 0 aliphatic rings. The van der Waals surface area contributed by atoms with Crippen LogP contribution in [-0.2, 0) is 9.68 Å². The minimum Gasteiger partial charge on any atom is -0.394 e. The van der Waals surface area contributed by atoms with Crippen LogP contribution in [0.1, 0.15) is 15.9 Å². The number of oxime groups is 1. The maximum atomic E-state index is 14.9. The van der Waals surface area contributed by atoms with E-state index in [4.69, 9.17) is 26.7 Å². The van der Waals surface area contributed by atoms with Gasteiger partial charge in [0.05, 0.1) is 48.0 Å². The van der Waals surface area contributed by atoms with Crippen LogP contribution in [0, 0.1) is 15.2 Å². The number of amides is 1. The Balaban J connectivity index is 2.47. The Hall–Kier alpha value is -2.06. The molecule has 0 aromatic heterocycles. The summed E-state index contributed by atoms with van der Waals surface area (Å²) in [5.41, 5.74) is 1.10. The number of halogens is 4. The number of anilines is 2. The Morgan fingerprint density at radius 1 is 1.20 bits per heavy atom. The van der Waals surface area contributed by atoms with E-state index >= 15 is 0 Å². The lowest BCUT2D eigenvalue weighted by molar-refractivity contribution is 0.0168. The number of hydrogen-bond donors (Lipinski definition) is 4. The highest BCUT2D eigenvalue weighted by Crippen LogP contribution is 2.32. The van der Waals surface area contributed by atoms with Crippen LogP contribution < -0.4 is 10.8 Å². The average Bonchev–Trinajstić information content (AvgIpc) is 2.72. The zero-order valence-corrected chi connectivity index (χ0v) is 18.2. The minimum atomic E-state index is -1.36. The van der Waals surface area contributed by atoms with Gasteiger partial charge in [-0.15, -0.1) is 0 Å². The lowest BCUT2D eigenvalue weighted by Crippen LogP contribution is -2.26. The van der Waals surface area contributed by atoms with E-state index in [2.05, 4.69) is 15.3 Å². The third-order valence-corrected chi connectivity index (χ3v) is 4.46. The average molecular weight is 556 g/mol. The van der Waals surface area contributed by atoms with E-state index in [1.807, 2.05) is 28.1 Å². The van der Waals surface area contributed by atoms with Crippen LogP contribution in [0.4, 0.5) is 20.2 Å². The van der Waals surface area contributed by atoms with Crippen molar-refractivity contribution in [1.29, 1.82) is 0 Å². The Morgan fingerprint density at radius 3 is 2.60 bits per heavy atom. The molecule has 0 spiro atoms. The quantitative estimate of drug-likeness (QED) is 0.155. The predicted molar refractivity (Wildman–Crippen MR) is 115 cm³/mol. The first-order valence-corrected chi connectivity index (χ1v) is 9.88. The van der Waals surface area contributed by atoms with Gasteiger partial charge in [-0.05, 0) is 46.9 Å². The van der Waals surface area contributed by atoms with Gasteiger partial charge in [-0.1, -0.05) is 16.8 Å². The number of nitrogens with zero attached hydrogens (tertiary/aromatic N) is 1. The van der Waals surface area contributed by atoms with Gasteiger partial charge >= 0.3 is 0 Å². The molecule has 2 aromatic rings. The normalized spacial score (nSPS) is 11.0. The van der Waals surface area contributed by atoms with E-state index in [0.29, 0.717) is 0 Å². The number of carbonyl (C=O) groups excluding carboxylic acids is 1. The minimum absolute atomic E-state index is 0.145. The van der Waals surface area contributed by atoms with Crippen LogP contribution in [0.25, 0.3) is 0 Å². The molecule has 0 atom stereocenters. The van der Waals surface area contributed by atoms with Crippen molar-refractivity contribution in [1.82, 2.24) is 5.48 Å². The summed E-state index contributed by atoms with van der Waals surface area (Å²) in [6, 6.07) is 5.86. The van der Waals surface area contributed by atoms with Crippen molar-refractivity contribution in [3.63, 3.8) is 0 Å². The number of benzene rings is 2. The molecule has 8 nitrogen and oxygen atoms in total. The monoisotopic (exact) mass is 555 g/mol. The zero-order chi connectivity index (χ0) is 22.1. The van der Waals surface area contributed by atoms with Crippen LogP contribution in [-0.4, -0.2) is 48.8 Å². The molecule has 0 aliphatic carbocycles. The largest absolute Gasteiger partial charge is 0.394 e. The van der Waals surface area contributed by atoms with Gasteiger partial charge in [0.15, 0.2) is 11.6 Å². The van der Waals surface area contributed by atoms with Crippen molar-refractivity contribution in [3.8, 4) is 0 Å². The van der Waals surface area contributed by atoms with Crippen molar-refractivity contribution in [2.75, 3.05) is 31.7 Å². The SMILES string of the molecule is O=C(NOCCO)c1cc(C=NOCCO)c(F)c(F)c1Nc1ccc(I)cc1Cl. The van der Waals surface area contributed by atoms with E-state index in [1.165, 1.54) is 0 Å². The molecule has 4 N–H and O–H groups in total. The van der Waals surface area contributed by atoms with Crippen LogP contribution in [0.2, 0.25) is 5.02 Å². The number of nitrogens with one attached hydrogen (secondary N) is 2. The Labute approximate surface area is 188 Å². The standard InChI is InChI=1S/C18H17ClF2IN3O5/c19-13-8-11(22)1-2-14(13)24-17-12(18(28)25-30-6-4-27)7-10(15(20)16(17)21)9-23-29-5-3-26/h1-2,7-9,24,26-27H,3-6H2,(H,25,28). The number of hydroxylamine groups is 1. The highest BCUT2D eigenvalue weighted by molar-refractivity contribution is 14.1. The van der Waals surface area contributed by atoms with Gasteiger partial charge in [-0.3, -0.25) is 9.63 Å². The van der Waals surface area contributed by atoms with Gasteiger partial charge in [-0.2, -0.15) is 0 Å². The van der Waals surface area contributed by atoms with E-state index in [9.17, 15) is 13.6 Å². The highest BCUT2D eigenvalue weighted by atomic mass is 127. The molecule has 0 heterocycles. The first-order valence-electron chi connectivity index (χ1n) is 8.42. The summed E-state index contributed by atoms with van der Waals surface area (Å²) in [6.45, 7) is -1.02. The van der Waals surface area contributed by atoms with Crippen LogP contribution in [0.5, 0.6) is 0 Å². The molecular formula is C18H17ClF2IN3O5. The van der Waals surface area contributed by atoms with Crippen LogP contribution >= 0.6 is 34.2 Å². The van der Waals surface area contributed by atoms with Gasteiger partial charge in [0.2, 0.25) is 0 Å². The van der Waals surface area contributed by atoms with Gasteiger partial charge in [0.1, 0.15) is 6.61 Å². The number of aliphatic hydroxyl groups is 2. The van der Waals surface area contributed by atoms with Crippen molar-refractivity contribution in [3.05, 3.63) is 55.6 Å². The molecule has 2 rings (SSSR count). The molecule has 0 aliphatic heterocycles. The Morgan fingerprint density at radius 2 is 1.93 bits per heavy atom. The number of carbonyl (C=O) groups is 1. The smallest absolute Gasteiger partial charge is 0.277 e. The predicted octanol–water partition coefficient (Wildman–Crippen LogP) is 2.96. The fourth-order valence-electron chi connectivity index (χ4n) is 2.17. The number of rotatable bonds is 10. The summed E-state index contributed by atoms with van der Waals surface area (Å²) in [4.78, 5) is 21.9. The summed E-state index contributed by atoms with van der Waals surface area (Å²) >= 11 is 8.18. The fourth-order valence-corrected chi connectivity index (χ4v) is 3.07. The topological polar surface area (TPSA) is 112 Å². The summed E-state index contributed by atoms with van der Waals surface area (Å²) in [5.74, 6) is -3.55. The summed E-state index contributed by atoms with van der Waals surface area (Å²) in [6.07, 6.45) is 0.862. The van der Waals surface area contributed by atoms with Gasteiger partial charge in [0.25, 0.3) is 5.91 Å². The van der Waals surface area contributed by atoms with E-state index in [0.717, 1.165) is 15.9 Å².